The Morgan fingerprint density at radius 2 is 2.21 bits per heavy atom. The molecule has 6 nitrogen and oxygen atoms in total. The Labute approximate surface area is 145 Å². The van der Waals surface area contributed by atoms with E-state index < -0.39 is 15.4 Å². The van der Waals surface area contributed by atoms with Crippen LogP contribution in [0.5, 0.6) is 5.75 Å². The second kappa shape index (κ2) is 6.22. The average molecular weight is 369 g/mol. The van der Waals surface area contributed by atoms with Crippen molar-refractivity contribution >= 4 is 38.2 Å². The van der Waals surface area contributed by atoms with Crippen LogP contribution in [0, 0.1) is 0 Å². The molecule has 0 unspecified atom stereocenters. The molecule has 1 amide bonds. The molecule has 1 aromatic heterocycles. The van der Waals surface area contributed by atoms with Crippen molar-refractivity contribution in [2.75, 3.05) is 18.1 Å². The molecule has 0 bridgehead atoms. The molecule has 24 heavy (non-hydrogen) atoms. The highest BCUT2D eigenvalue weighted by atomic mass is 35.5. The van der Waals surface area contributed by atoms with Crippen molar-refractivity contribution in [2.45, 2.75) is 18.9 Å². The van der Waals surface area contributed by atoms with Gasteiger partial charge in [-0.25, -0.2) is 8.42 Å². The molecule has 2 heterocycles. The lowest BCUT2D eigenvalue weighted by Gasteiger charge is -2.23. The zero-order chi connectivity index (χ0) is 17.4. The van der Waals surface area contributed by atoms with Gasteiger partial charge in [0.05, 0.1) is 22.1 Å². The van der Waals surface area contributed by atoms with Gasteiger partial charge in [-0.2, -0.15) is 0 Å². The maximum atomic E-state index is 12.1. The fraction of sp³-hybridized carbons (Fsp3) is 0.375. The van der Waals surface area contributed by atoms with Gasteiger partial charge in [0.1, 0.15) is 11.3 Å². The van der Waals surface area contributed by atoms with Crippen molar-refractivity contribution < 1.29 is 17.9 Å². The summed E-state index contributed by atoms with van der Waals surface area (Å²) >= 11 is 6.12. The van der Waals surface area contributed by atoms with E-state index in [0.717, 1.165) is 5.39 Å². The molecule has 1 saturated heterocycles. The number of rotatable bonds is 4. The Morgan fingerprint density at radius 3 is 2.92 bits per heavy atom. The molecule has 1 aliphatic rings. The molecular formula is C16H17ClN2O4S. The highest BCUT2D eigenvalue weighted by Gasteiger charge is 2.39. The van der Waals surface area contributed by atoms with Gasteiger partial charge >= 0.3 is 0 Å². The second-order valence-corrected chi connectivity index (χ2v) is 8.78. The van der Waals surface area contributed by atoms with Crippen LogP contribution in [-0.2, 0) is 14.6 Å². The van der Waals surface area contributed by atoms with Crippen LogP contribution in [0.2, 0.25) is 5.02 Å². The Balaban J connectivity index is 1.68. The summed E-state index contributed by atoms with van der Waals surface area (Å²) in [5, 5.41) is 4.05. The summed E-state index contributed by atoms with van der Waals surface area (Å²) < 4.78 is 28.7. The predicted octanol–water partition coefficient (Wildman–Crippen LogP) is 1.96. The summed E-state index contributed by atoms with van der Waals surface area (Å²) in [4.78, 5) is 16.3. The predicted molar refractivity (Wildman–Crippen MR) is 92.1 cm³/mol. The third-order valence-corrected chi connectivity index (χ3v) is 6.22. The van der Waals surface area contributed by atoms with Crippen LogP contribution in [0.25, 0.3) is 10.9 Å². The lowest BCUT2D eigenvalue weighted by atomic mass is 10.0. The van der Waals surface area contributed by atoms with Crippen LogP contribution in [0.1, 0.15) is 13.3 Å². The number of nitrogens with one attached hydrogen (secondary N) is 1. The number of carbonyl (C=O) groups excluding carboxylic acids is 1. The van der Waals surface area contributed by atoms with Crippen molar-refractivity contribution in [1.29, 1.82) is 0 Å². The monoisotopic (exact) mass is 368 g/mol. The number of aromatic nitrogens is 1. The van der Waals surface area contributed by atoms with Gasteiger partial charge in [0, 0.05) is 11.6 Å². The standard InChI is InChI=1S/C16H17ClN2O4S/c1-16(6-8-24(21,22)10-16)19-14(20)9-23-13-5-4-12(17)11-3-2-7-18-15(11)13/h2-5,7H,6,8-10H2,1H3,(H,19,20)/t16-/m1/s1. The first-order valence-corrected chi connectivity index (χ1v) is 9.65. The minimum absolute atomic E-state index is 0.0445. The Morgan fingerprint density at radius 1 is 1.42 bits per heavy atom. The number of fused-ring (bicyclic) bond motifs is 1. The molecule has 0 spiro atoms. The van der Waals surface area contributed by atoms with Gasteiger partial charge in [-0.05, 0) is 37.6 Å². The zero-order valence-electron chi connectivity index (χ0n) is 13.1. The van der Waals surface area contributed by atoms with Crippen molar-refractivity contribution in [3.05, 3.63) is 35.5 Å². The summed E-state index contributed by atoms with van der Waals surface area (Å²) in [7, 11) is -3.08. The number of pyridine rings is 1. The molecule has 1 fully saturated rings. The number of carbonyl (C=O) groups is 1. The van der Waals surface area contributed by atoms with Gasteiger partial charge in [-0.1, -0.05) is 11.6 Å². The summed E-state index contributed by atoms with van der Waals surface area (Å²) in [6.07, 6.45) is 2.03. The molecule has 1 N–H and O–H groups in total. The Kier molecular flexibility index (Phi) is 4.40. The third kappa shape index (κ3) is 3.62. The molecule has 2 aromatic rings. The van der Waals surface area contributed by atoms with E-state index in [2.05, 4.69) is 10.3 Å². The average Bonchev–Trinajstić information content (AvgIpc) is 2.80. The highest BCUT2D eigenvalue weighted by Crippen LogP contribution is 2.29. The van der Waals surface area contributed by atoms with E-state index in [1.165, 1.54) is 0 Å². The first-order valence-electron chi connectivity index (χ1n) is 7.46. The largest absolute Gasteiger partial charge is 0.481 e. The molecule has 3 rings (SSSR count). The number of ether oxygens (including phenoxy) is 1. The van der Waals surface area contributed by atoms with Crippen LogP contribution >= 0.6 is 11.6 Å². The first kappa shape index (κ1) is 17.0. The number of amides is 1. The molecule has 1 aromatic carbocycles. The van der Waals surface area contributed by atoms with E-state index in [-0.39, 0.29) is 24.0 Å². The van der Waals surface area contributed by atoms with Gasteiger partial charge in [0.15, 0.2) is 16.4 Å². The van der Waals surface area contributed by atoms with Gasteiger partial charge in [-0.3, -0.25) is 9.78 Å². The van der Waals surface area contributed by atoms with Crippen molar-refractivity contribution in [3.63, 3.8) is 0 Å². The first-order chi connectivity index (χ1) is 11.3. The van der Waals surface area contributed by atoms with E-state index in [9.17, 15) is 13.2 Å². The SMILES string of the molecule is C[C@@]1(NC(=O)COc2ccc(Cl)c3cccnc23)CCS(=O)(=O)C1. The molecule has 1 aliphatic heterocycles. The molecular weight excluding hydrogens is 352 g/mol. The topological polar surface area (TPSA) is 85.4 Å². The molecule has 1 atom stereocenters. The fourth-order valence-corrected chi connectivity index (χ4v) is 5.16. The third-order valence-electron chi connectivity index (χ3n) is 3.98. The quantitative estimate of drug-likeness (QED) is 0.891. The van der Waals surface area contributed by atoms with E-state index in [1.54, 1.807) is 31.3 Å². The lowest BCUT2D eigenvalue weighted by molar-refractivity contribution is -0.124. The van der Waals surface area contributed by atoms with Crippen LogP contribution in [0.3, 0.4) is 0 Å². The second-order valence-electron chi connectivity index (χ2n) is 6.18. The number of hydrogen-bond acceptors (Lipinski definition) is 5. The number of sulfone groups is 1. The molecule has 0 aliphatic carbocycles. The summed E-state index contributed by atoms with van der Waals surface area (Å²) in [5.74, 6) is 0.135. The van der Waals surface area contributed by atoms with Crippen LogP contribution < -0.4 is 10.1 Å². The molecule has 128 valence electrons. The summed E-state index contributed by atoms with van der Waals surface area (Å²) in [5.41, 5.74) is -0.160. The maximum absolute atomic E-state index is 12.1. The highest BCUT2D eigenvalue weighted by molar-refractivity contribution is 7.91. The molecule has 0 saturated carbocycles. The molecule has 0 radical (unpaired) electrons. The van der Waals surface area contributed by atoms with Crippen LogP contribution in [0.15, 0.2) is 30.5 Å². The van der Waals surface area contributed by atoms with E-state index >= 15 is 0 Å². The zero-order valence-corrected chi connectivity index (χ0v) is 14.7. The van der Waals surface area contributed by atoms with Crippen molar-refractivity contribution in [1.82, 2.24) is 10.3 Å². The van der Waals surface area contributed by atoms with Gasteiger partial charge in [0.25, 0.3) is 5.91 Å². The Bertz CT molecular complexity index is 900. The van der Waals surface area contributed by atoms with Crippen molar-refractivity contribution in [2.24, 2.45) is 0 Å². The normalized spacial score (nSPS) is 22.4. The minimum Gasteiger partial charge on any atom is -0.481 e. The summed E-state index contributed by atoms with van der Waals surface area (Å²) in [6.45, 7) is 1.51. The smallest absolute Gasteiger partial charge is 0.258 e. The number of nitrogens with zero attached hydrogens (tertiary/aromatic N) is 1. The van der Waals surface area contributed by atoms with Crippen molar-refractivity contribution in [3.8, 4) is 5.75 Å². The van der Waals surface area contributed by atoms with Gasteiger partial charge < -0.3 is 10.1 Å². The maximum Gasteiger partial charge on any atom is 0.258 e. The molecule has 8 heteroatoms. The number of hydrogen-bond donors (Lipinski definition) is 1. The van der Waals surface area contributed by atoms with Crippen LogP contribution in [-0.4, -0.2) is 43.0 Å². The number of halogens is 1. The fourth-order valence-electron chi connectivity index (χ4n) is 2.85. The van der Waals surface area contributed by atoms with E-state index in [4.69, 9.17) is 16.3 Å². The number of benzene rings is 1. The minimum atomic E-state index is -3.08. The van der Waals surface area contributed by atoms with Gasteiger partial charge in [-0.15, -0.1) is 0 Å². The Hall–Kier alpha value is -1.86. The lowest BCUT2D eigenvalue weighted by Crippen LogP contribution is -2.48. The van der Waals surface area contributed by atoms with E-state index in [1.807, 2.05) is 6.07 Å². The summed E-state index contributed by atoms with van der Waals surface area (Å²) in [6, 6.07) is 6.93. The van der Waals surface area contributed by atoms with Crippen LogP contribution in [0.4, 0.5) is 0 Å². The van der Waals surface area contributed by atoms with E-state index in [0.29, 0.717) is 22.7 Å². The van der Waals surface area contributed by atoms with Gasteiger partial charge in [0.2, 0.25) is 0 Å².